The number of methoxy groups -OCH3 is 1. The van der Waals surface area contributed by atoms with Gasteiger partial charge in [-0.15, -0.1) is 0 Å². The van der Waals surface area contributed by atoms with E-state index < -0.39 is 5.97 Å². The molecule has 0 spiro atoms. The van der Waals surface area contributed by atoms with E-state index in [0.29, 0.717) is 6.54 Å². The van der Waals surface area contributed by atoms with Crippen molar-refractivity contribution in [2.75, 3.05) is 20.2 Å². The first-order valence-corrected chi connectivity index (χ1v) is 9.75. The van der Waals surface area contributed by atoms with Crippen LogP contribution in [0.15, 0.2) is 18.2 Å². The summed E-state index contributed by atoms with van der Waals surface area (Å²) in [5.74, 6) is -0.709. The molecule has 0 aromatic heterocycles. The number of hydrogen-bond acceptors (Lipinski definition) is 4. The molecule has 2 aliphatic carbocycles. The Bertz CT molecular complexity index is 717. The van der Waals surface area contributed by atoms with Crippen molar-refractivity contribution in [1.82, 2.24) is 15.5 Å². The number of halogens is 1. The number of carbonyl (C=O) groups is 2. The Morgan fingerprint density at radius 1 is 1.21 bits per heavy atom. The topological polar surface area (TPSA) is 90.9 Å². The molecule has 2 saturated carbocycles. The summed E-state index contributed by atoms with van der Waals surface area (Å²) in [6, 6.07) is 5.21. The van der Waals surface area contributed by atoms with Crippen LogP contribution >= 0.6 is 0 Å². The molecule has 3 rings (SSSR count). The van der Waals surface area contributed by atoms with Gasteiger partial charge in [-0.2, -0.15) is 0 Å². The van der Waals surface area contributed by atoms with E-state index in [0.717, 1.165) is 31.2 Å². The Kier molecular flexibility index (Phi) is 6.39. The number of likely N-dealkylation sites (N-methyl/N-ethyl adjacent to an activating group) is 1. The smallest absolute Gasteiger partial charge is 0.317 e. The molecule has 154 valence electrons. The number of carboxylic acid groups (broad SMARTS) is 1. The van der Waals surface area contributed by atoms with Gasteiger partial charge in [0.25, 0.3) is 0 Å². The van der Waals surface area contributed by atoms with Crippen LogP contribution in [-0.4, -0.2) is 60.3 Å². The Morgan fingerprint density at radius 2 is 1.86 bits per heavy atom. The van der Waals surface area contributed by atoms with Gasteiger partial charge in [0.2, 0.25) is 0 Å². The predicted molar refractivity (Wildman–Crippen MR) is 102 cm³/mol. The second kappa shape index (κ2) is 8.77. The monoisotopic (exact) mass is 393 g/mol. The normalized spacial score (nSPS) is 26.1. The summed E-state index contributed by atoms with van der Waals surface area (Å²) in [7, 11) is 1.44. The third kappa shape index (κ3) is 4.73. The molecule has 1 aromatic carbocycles. The third-order valence-corrected chi connectivity index (χ3v) is 5.83. The largest absolute Gasteiger partial charge is 0.494 e. The zero-order chi connectivity index (χ0) is 20.3. The molecule has 2 amide bonds. The summed E-state index contributed by atoms with van der Waals surface area (Å²) in [5, 5.41) is 14.8. The molecule has 1 aromatic rings. The number of urea groups is 1. The minimum atomic E-state index is -0.827. The fourth-order valence-electron chi connectivity index (χ4n) is 4.03. The Morgan fingerprint density at radius 3 is 2.39 bits per heavy atom. The lowest BCUT2D eigenvalue weighted by Gasteiger charge is -2.43. The summed E-state index contributed by atoms with van der Waals surface area (Å²) < 4.78 is 18.7. The molecule has 8 heteroatoms. The molecule has 2 fully saturated rings. The van der Waals surface area contributed by atoms with Crippen molar-refractivity contribution >= 4 is 12.0 Å². The van der Waals surface area contributed by atoms with Crippen LogP contribution in [0.2, 0.25) is 0 Å². The highest BCUT2D eigenvalue weighted by Crippen LogP contribution is 2.38. The van der Waals surface area contributed by atoms with Crippen LogP contribution in [-0.2, 0) is 4.79 Å². The highest BCUT2D eigenvalue weighted by atomic mass is 19.1. The number of ether oxygens (including phenoxy) is 1. The molecular weight excluding hydrogens is 365 g/mol. The third-order valence-electron chi connectivity index (χ3n) is 5.83. The van der Waals surface area contributed by atoms with Gasteiger partial charge in [-0.3, -0.25) is 9.69 Å². The van der Waals surface area contributed by atoms with E-state index >= 15 is 0 Å². The molecule has 0 aliphatic heterocycles. The number of aliphatic carboxylic acids is 1. The van der Waals surface area contributed by atoms with Crippen LogP contribution in [0.5, 0.6) is 5.75 Å². The first kappa shape index (κ1) is 20.4. The van der Waals surface area contributed by atoms with Gasteiger partial charge in [-0.25, -0.2) is 9.18 Å². The van der Waals surface area contributed by atoms with E-state index in [1.165, 1.54) is 13.2 Å². The SMILES string of the molecule is CCN(CC(=O)O)C1CC(NC(=O)NC2CC(c3ccc(OC)c(F)c3)C2)C1. The molecular formula is C20H28FN3O4. The summed E-state index contributed by atoms with van der Waals surface area (Å²) in [6.45, 7) is 2.67. The van der Waals surface area contributed by atoms with E-state index in [1.54, 1.807) is 6.07 Å². The number of rotatable bonds is 8. The quantitative estimate of drug-likeness (QED) is 0.631. The first-order valence-electron chi connectivity index (χ1n) is 9.75. The minimum absolute atomic E-state index is 0.0372. The van der Waals surface area contributed by atoms with Crippen LogP contribution in [0.1, 0.15) is 44.1 Å². The Labute approximate surface area is 164 Å². The van der Waals surface area contributed by atoms with Crippen LogP contribution in [0.25, 0.3) is 0 Å². The summed E-state index contributed by atoms with van der Waals surface area (Å²) in [4.78, 5) is 24.9. The molecule has 0 radical (unpaired) electrons. The molecule has 28 heavy (non-hydrogen) atoms. The van der Waals surface area contributed by atoms with E-state index in [1.807, 2.05) is 17.9 Å². The van der Waals surface area contributed by atoms with Crippen molar-refractivity contribution in [3.8, 4) is 5.75 Å². The zero-order valence-electron chi connectivity index (χ0n) is 16.3. The molecule has 0 unspecified atom stereocenters. The lowest BCUT2D eigenvalue weighted by molar-refractivity contribution is -0.139. The van der Waals surface area contributed by atoms with Gasteiger partial charge >= 0.3 is 12.0 Å². The maximum absolute atomic E-state index is 13.8. The fraction of sp³-hybridized carbons (Fsp3) is 0.600. The van der Waals surface area contributed by atoms with Crippen LogP contribution < -0.4 is 15.4 Å². The van der Waals surface area contributed by atoms with Crippen molar-refractivity contribution in [3.05, 3.63) is 29.6 Å². The number of nitrogens with one attached hydrogen (secondary N) is 2. The summed E-state index contributed by atoms with van der Waals surface area (Å²) in [5.41, 5.74) is 0.927. The van der Waals surface area contributed by atoms with Crippen LogP contribution in [0.3, 0.4) is 0 Å². The first-order chi connectivity index (χ1) is 13.4. The van der Waals surface area contributed by atoms with E-state index in [-0.39, 0.29) is 48.2 Å². The zero-order valence-corrected chi connectivity index (χ0v) is 16.3. The minimum Gasteiger partial charge on any atom is -0.494 e. The maximum atomic E-state index is 13.8. The van der Waals surface area contributed by atoms with Crippen molar-refractivity contribution in [2.24, 2.45) is 0 Å². The fourth-order valence-corrected chi connectivity index (χ4v) is 4.03. The number of benzene rings is 1. The number of carbonyl (C=O) groups excluding carboxylic acids is 1. The second-order valence-electron chi connectivity index (χ2n) is 7.66. The van der Waals surface area contributed by atoms with Gasteiger partial charge < -0.3 is 20.5 Å². The van der Waals surface area contributed by atoms with Gasteiger partial charge in [0, 0.05) is 18.1 Å². The summed E-state index contributed by atoms with van der Waals surface area (Å²) in [6.07, 6.45) is 3.11. The van der Waals surface area contributed by atoms with Gasteiger partial charge in [0.1, 0.15) is 0 Å². The number of amides is 2. The van der Waals surface area contributed by atoms with Crippen LogP contribution in [0, 0.1) is 5.82 Å². The Hall–Kier alpha value is -2.35. The number of carboxylic acids is 1. The van der Waals surface area contributed by atoms with E-state index in [9.17, 15) is 14.0 Å². The van der Waals surface area contributed by atoms with Crippen molar-refractivity contribution < 1.29 is 23.8 Å². The van der Waals surface area contributed by atoms with Gasteiger partial charge in [-0.05, 0) is 55.8 Å². The standard InChI is InChI=1S/C20H28FN3O4/c1-3-24(11-19(25)26)16-9-15(10-16)23-20(27)22-14-6-13(7-14)12-4-5-18(28-2)17(21)8-12/h4-5,8,13-16H,3,6-7,9-11H2,1-2H3,(H,25,26)(H2,22,23,27). The lowest BCUT2D eigenvalue weighted by Crippen LogP contribution is -2.58. The molecule has 0 atom stereocenters. The van der Waals surface area contributed by atoms with Gasteiger partial charge in [0.05, 0.1) is 13.7 Å². The molecule has 0 heterocycles. The second-order valence-corrected chi connectivity index (χ2v) is 7.66. The van der Waals surface area contributed by atoms with E-state index in [2.05, 4.69) is 10.6 Å². The average Bonchev–Trinajstić information content (AvgIpc) is 2.58. The number of hydrogen-bond donors (Lipinski definition) is 3. The highest BCUT2D eigenvalue weighted by molar-refractivity contribution is 5.75. The highest BCUT2D eigenvalue weighted by Gasteiger charge is 2.36. The predicted octanol–water partition coefficient (Wildman–Crippen LogP) is 2.32. The average molecular weight is 393 g/mol. The molecule has 0 saturated heterocycles. The Balaban J connectivity index is 1.36. The molecule has 7 nitrogen and oxygen atoms in total. The van der Waals surface area contributed by atoms with Crippen molar-refractivity contribution in [2.45, 2.75) is 56.7 Å². The molecule has 0 bridgehead atoms. The lowest BCUT2D eigenvalue weighted by atomic mass is 9.76. The maximum Gasteiger partial charge on any atom is 0.317 e. The van der Waals surface area contributed by atoms with Crippen molar-refractivity contribution in [1.29, 1.82) is 0 Å². The summed E-state index contributed by atoms with van der Waals surface area (Å²) >= 11 is 0. The molecule has 3 N–H and O–H groups in total. The van der Waals surface area contributed by atoms with Crippen molar-refractivity contribution in [3.63, 3.8) is 0 Å². The van der Waals surface area contributed by atoms with Gasteiger partial charge in [0.15, 0.2) is 11.6 Å². The van der Waals surface area contributed by atoms with E-state index in [4.69, 9.17) is 9.84 Å². The van der Waals surface area contributed by atoms with Crippen LogP contribution in [0.4, 0.5) is 9.18 Å². The van der Waals surface area contributed by atoms with Gasteiger partial charge in [-0.1, -0.05) is 13.0 Å². The number of nitrogens with zero attached hydrogens (tertiary/aromatic N) is 1. The molecule has 2 aliphatic rings.